The van der Waals surface area contributed by atoms with Gasteiger partial charge in [-0.05, 0) is 12.5 Å². The van der Waals surface area contributed by atoms with Crippen LogP contribution < -0.4 is 4.74 Å². The smallest absolute Gasteiger partial charge is 0.123 e. The van der Waals surface area contributed by atoms with Crippen molar-refractivity contribution in [2.75, 3.05) is 6.61 Å². The Balaban J connectivity index is 2.44. The van der Waals surface area contributed by atoms with Crippen LogP contribution in [0.3, 0.4) is 0 Å². The second-order valence-electron chi connectivity index (χ2n) is 2.64. The minimum atomic E-state index is 0.479. The highest BCUT2D eigenvalue weighted by Crippen LogP contribution is 2.36. The number of hydrogen-bond donors (Lipinski definition) is 0. The van der Waals surface area contributed by atoms with E-state index in [1.807, 2.05) is 18.2 Å². The van der Waals surface area contributed by atoms with Gasteiger partial charge < -0.3 is 4.74 Å². The molecule has 2 heteroatoms. The Morgan fingerprint density at radius 1 is 1.36 bits per heavy atom. The number of hydrogen-bond acceptors (Lipinski definition) is 1. The number of rotatable bonds is 0. The lowest BCUT2D eigenvalue weighted by Gasteiger charge is -2.21. The molecule has 0 radical (unpaired) electrons. The highest BCUT2D eigenvalue weighted by Gasteiger charge is 2.17. The first-order chi connectivity index (χ1) is 5.38. The van der Waals surface area contributed by atoms with E-state index in [4.69, 9.17) is 4.74 Å². The number of para-hydroxylation sites is 1. The van der Waals surface area contributed by atoms with Crippen LogP contribution in [0.25, 0.3) is 0 Å². The molecule has 0 saturated heterocycles. The van der Waals surface area contributed by atoms with Crippen LogP contribution in [-0.4, -0.2) is 6.61 Å². The summed E-state index contributed by atoms with van der Waals surface area (Å²) in [6.45, 7) is 0.826. The van der Waals surface area contributed by atoms with Crippen molar-refractivity contribution in [3.63, 3.8) is 0 Å². The topological polar surface area (TPSA) is 9.23 Å². The average Bonchev–Trinajstić information content (AvgIpc) is 2.06. The highest BCUT2D eigenvalue weighted by molar-refractivity contribution is 9.09. The zero-order valence-corrected chi connectivity index (χ0v) is 7.67. The summed E-state index contributed by atoms with van der Waals surface area (Å²) in [4.78, 5) is 0.479. The van der Waals surface area contributed by atoms with Gasteiger partial charge in [0.2, 0.25) is 0 Å². The Morgan fingerprint density at radius 2 is 2.18 bits per heavy atom. The van der Waals surface area contributed by atoms with E-state index in [1.165, 1.54) is 5.56 Å². The number of benzene rings is 1. The monoisotopic (exact) mass is 212 g/mol. The Bertz CT molecular complexity index is 259. The average molecular weight is 213 g/mol. The molecule has 11 heavy (non-hydrogen) atoms. The van der Waals surface area contributed by atoms with Crippen LogP contribution in [0.1, 0.15) is 16.8 Å². The van der Waals surface area contributed by atoms with Crippen molar-refractivity contribution >= 4 is 15.9 Å². The minimum absolute atomic E-state index is 0.479. The molecule has 1 aromatic carbocycles. The molecule has 0 spiro atoms. The van der Waals surface area contributed by atoms with E-state index in [-0.39, 0.29) is 0 Å². The number of fused-ring (bicyclic) bond motifs is 1. The van der Waals surface area contributed by atoms with Gasteiger partial charge in [-0.1, -0.05) is 34.1 Å². The summed E-state index contributed by atoms with van der Waals surface area (Å²) in [6, 6.07) is 8.17. The molecule has 0 amide bonds. The number of ether oxygens (including phenoxy) is 1. The van der Waals surface area contributed by atoms with Crippen LogP contribution in [0.15, 0.2) is 24.3 Å². The summed E-state index contributed by atoms with van der Waals surface area (Å²) >= 11 is 3.61. The van der Waals surface area contributed by atoms with Crippen LogP contribution in [0, 0.1) is 0 Å². The Kier molecular flexibility index (Phi) is 1.86. The third-order valence-corrected chi connectivity index (χ3v) is 2.84. The van der Waals surface area contributed by atoms with Crippen molar-refractivity contribution in [3.8, 4) is 5.75 Å². The Hall–Kier alpha value is -0.500. The molecule has 1 aromatic rings. The lowest BCUT2D eigenvalue weighted by molar-refractivity contribution is 0.287. The van der Waals surface area contributed by atoms with Gasteiger partial charge in [0.15, 0.2) is 0 Å². The van der Waals surface area contributed by atoms with Crippen LogP contribution in [0.4, 0.5) is 0 Å². The maximum Gasteiger partial charge on any atom is 0.123 e. The largest absolute Gasteiger partial charge is 0.493 e. The second kappa shape index (κ2) is 2.86. The molecule has 0 aliphatic carbocycles. The first kappa shape index (κ1) is 7.17. The summed E-state index contributed by atoms with van der Waals surface area (Å²) in [7, 11) is 0. The summed E-state index contributed by atoms with van der Waals surface area (Å²) in [5.74, 6) is 1.03. The van der Waals surface area contributed by atoms with E-state index < -0.39 is 0 Å². The van der Waals surface area contributed by atoms with Gasteiger partial charge in [0.25, 0.3) is 0 Å². The van der Waals surface area contributed by atoms with Gasteiger partial charge in [-0.2, -0.15) is 0 Å². The van der Waals surface area contributed by atoms with Gasteiger partial charge in [0.1, 0.15) is 5.75 Å². The standard InChI is InChI=1S/C9H9BrO/c10-8-5-6-11-9-4-2-1-3-7(8)9/h1-4,8H,5-6H2. The second-order valence-corrected chi connectivity index (χ2v) is 3.75. The van der Waals surface area contributed by atoms with Crippen molar-refractivity contribution in [1.82, 2.24) is 0 Å². The van der Waals surface area contributed by atoms with E-state index >= 15 is 0 Å². The molecule has 0 saturated carbocycles. The van der Waals surface area contributed by atoms with Crippen LogP contribution in [0.5, 0.6) is 5.75 Å². The molecule has 0 N–H and O–H groups in total. The molecule has 1 heterocycles. The fourth-order valence-corrected chi connectivity index (χ4v) is 1.86. The zero-order chi connectivity index (χ0) is 7.68. The molecular formula is C9H9BrO. The van der Waals surface area contributed by atoms with E-state index in [0.717, 1.165) is 18.8 Å². The predicted molar refractivity (Wildman–Crippen MR) is 48.2 cm³/mol. The van der Waals surface area contributed by atoms with Gasteiger partial charge in [-0.3, -0.25) is 0 Å². The first-order valence-electron chi connectivity index (χ1n) is 3.74. The summed E-state index contributed by atoms with van der Waals surface area (Å²) in [6.07, 6.45) is 1.07. The summed E-state index contributed by atoms with van der Waals surface area (Å²) in [5.41, 5.74) is 1.28. The molecule has 1 atom stereocenters. The molecule has 58 valence electrons. The lowest BCUT2D eigenvalue weighted by Crippen LogP contribution is -2.09. The fourth-order valence-electron chi connectivity index (χ4n) is 1.30. The molecule has 1 unspecified atom stereocenters. The third kappa shape index (κ3) is 1.27. The van der Waals surface area contributed by atoms with E-state index in [2.05, 4.69) is 22.0 Å². The van der Waals surface area contributed by atoms with Gasteiger partial charge in [-0.15, -0.1) is 0 Å². The van der Waals surface area contributed by atoms with E-state index in [0.29, 0.717) is 4.83 Å². The molecule has 0 bridgehead atoms. The molecule has 1 aliphatic rings. The molecule has 1 nitrogen and oxygen atoms in total. The quantitative estimate of drug-likeness (QED) is 0.602. The van der Waals surface area contributed by atoms with Crippen molar-refractivity contribution in [1.29, 1.82) is 0 Å². The van der Waals surface area contributed by atoms with Crippen molar-refractivity contribution in [2.24, 2.45) is 0 Å². The molecule has 0 aromatic heterocycles. The highest BCUT2D eigenvalue weighted by atomic mass is 79.9. The van der Waals surface area contributed by atoms with Crippen molar-refractivity contribution < 1.29 is 4.74 Å². The molecular weight excluding hydrogens is 204 g/mol. The van der Waals surface area contributed by atoms with Crippen molar-refractivity contribution in [3.05, 3.63) is 29.8 Å². The SMILES string of the molecule is BrC1CCOc2ccccc21. The minimum Gasteiger partial charge on any atom is -0.493 e. The fraction of sp³-hybridized carbons (Fsp3) is 0.333. The van der Waals surface area contributed by atoms with E-state index in [1.54, 1.807) is 0 Å². The van der Waals surface area contributed by atoms with Crippen molar-refractivity contribution in [2.45, 2.75) is 11.2 Å². The van der Waals surface area contributed by atoms with Gasteiger partial charge >= 0.3 is 0 Å². The van der Waals surface area contributed by atoms with Gasteiger partial charge in [-0.25, -0.2) is 0 Å². The van der Waals surface area contributed by atoms with Crippen LogP contribution in [-0.2, 0) is 0 Å². The van der Waals surface area contributed by atoms with Crippen LogP contribution in [0.2, 0.25) is 0 Å². The summed E-state index contributed by atoms with van der Waals surface area (Å²) < 4.78 is 5.46. The lowest BCUT2D eigenvalue weighted by atomic mass is 10.1. The number of halogens is 1. The van der Waals surface area contributed by atoms with E-state index in [9.17, 15) is 0 Å². The maximum absolute atomic E-state index is 5.46. The zero-order valence-electron chi connectivity index (χ0n) is 6.09. The molecule has 2 rings (SSSR count). The normalized spacial score (nSPS) is 22.1. The molecule has 0 fully saturated rings. The first-order valence-corrected chi connectivity index (χ1v) is 4.65. The Morgan fingerprint density at radius 3 is 3.00 bits per heavy atom. The third-order valence-electron chi connectivity index (χ3n) is 1.89. The summed E-state index contributed by atoms with van der Waals surface area (Å²) in [5, 5.41) is 0. The van der Waals surface area contributed by atoms with Gasteiger partial charge in [0, 0.05) is 10.4 Å². The number of alkyl halides is 1. The van der Waals surface area contributed by atoms with Crippen LogP contribution >= 0.6 is 15.9 Å². The Labute approximate surface area is 74.5 Å². The molecule has 1 aliphatic heterocycles. The predicted octanol–water partition coefficient (Wildman–Crippen LogP) is 2.91. The maximum atomic E-state index is 5.46. The van der Waals surface area contributed by atoms with Gasteiger partial charge in [0.05, 0.1) is 6.61 Å².